The lowest BCUT2D eigenvalue weighted by Crippen LogP contribution is -2.35. The summed E-state index contributed by atoms with van der Waals surface area (Å²) < 4.78 is 56.1. The number of nitrogens with zero attached hydrogens (tertiary/aromatic N) is 3. The van der Waals surface area contributed by atoms with Crippen LogP contribution in [0, 0.1) is 18.7 Å². The molecule has 28 heavy (non-hydrogen) atoms. The van der Waals surface area contributed by atoms with Crippen molar-refractivity contribution < 1.29 is 22.4 Å². The molecule has 2 heterocycles. The lowest BCUT2D eigenvalue weighted by molar-refractivity contribution is -0.137. The van der Waals surface area contributed by atoms with Crippen molar-refractivity contribution in [1.29, 1.82) is 0 Å². The normalized spacial score (nSPS) is 18.0. The van der Waals surface area contributed by atoms with Gasteiger partial charge in [0.25, 0.3) is 0 Å². The van der Waals surface area contributed by atoms with Crippen molar-refractivity contribution in [2.45, 2.75) is 38.8 Å². The van der Waals surface area contributed by atoms with E-state index in [2.05, 4.69) is 14.7 Å². The zero-order valence-electron chi connectivity index (χ0n) is 15.2. The highest BCUT2D eigenvalue weighted by molar-refractivity contribution is 7.09. The van der Waals surface area contributed by atoms with E-state index in [1.165, 1.54) is 6.07 Å². The molecule has 152 valence electrons. The van der Waals surface area contributed by atoms with Gasteiger partial charge in [0, 0.05) is 24.6 Å². The molecule has 1 aliphatic heterocycles. The Morgan fingerprint density at radius 1 is 1.32 bits per heavy atom. The van der Waals surface area contributed by atoms with Crippen LogP contribution in [-0.2, 0) is 12.6 Å². The Balaban J connectivity index is 1.57. The van der Waals surface area contributed by atoms with Gasteiger partial charge in [0.05, 0.1) is 5.56 Å². The van der Waals surface area contributed by atoms with Gasteiger partial charge in [0.15, 0.2) is 0 Å². The topological polar surface area (TPSA) is 58.1 Å². The number of halogens is 4. The van der Waals surface area contributed by atoms with Crippen LogP contribution in [0.25, 0.3) is 0 Å². The first kappa shape index (κ1) is 20.5. The molecular formula is C18H20F4N4OS. The van der Waals surface area contributed by atoms with Crippen LogP contribution < -0.4 is 5.32 Å². The number of amides is 2. The van der Waals surface area contributed by atoms with E-state index in [1.54, 1.807) is 11.8 Å². The SMILES string of the molecule is Cc1nsc(NC(=O)N2CCCC(Cc3ccc(C(F)(F)F)cc3F)CC2)n1. The van der Waals surface area contributed by atoms with Crippen LogP contribution in [0.15, 0.2) is 18.2 Å². The number of likely N-dealkylation sites (tertiary alicyclic amines) is 1. The fraction of sp³-hybridized carbons (Fsp3) is 0.500. The fourth-order valence-corrected chi connectivity index (χ4v) is 3.86. The monoisotopic (exact) mass is 416 g/mol. The molecule has 1 atom stereocenters. The molecule has 0 bridgehead atoms. The van der Waals surface area contributed by atoms with Crippen LogP contribution in [0.3, 0.4) is 0 Å². The second kappa shape index (κ2) is 8.42. The van der Waals surface area contributed by atoms with E-state index in [0.717, 1.165) is 30.4 Å². The first-order valence-corrected chi connectivity index (χ1v) is 9.71. The molecule has 3 rings (SSSR count). The van der Waals surface area contributed by atoms with E-state index in [1.807, 2.05) is 0 Å². The smallest absolute Gasteiger partial charge is 0.324 e. The Morgan fingerprint density at radius 2 is 2.11 bits per heavy atom. The highest BCUT2D eigenvalue weighted by Gasteiger charge is 2.31. The van der Waals surface area contributed by atoms with Gasteiger partial charge in [0.1, 0.15) is 11.6 Å². The number of anilines is 1. The number of urea groups is 1. The molecule has 0 aliphatic carbocycles. The summed E-state index contributed by atoms with van der Waals surface area (Å²) in [6.45, 7) is 2.80. The molecule has 2 amide bonds. The zero-order valence-corrected chi connectivity index (χ0v) is 16.0. The van der Waals surface area contributed by atoms with E-state index in [-0.39, 0.29) is 17.5 Å². The van der Waals surface area contributed by atoms with Gasteiger partial charge in [-0.3, -0.25) is 5.32 Å². The summed E-state index contributed by atoms with van der Waals surface area (Å²) in [4.78, 5) is 18.1. The van der Waals surface area contributed by atoms with E-state index >= 15 is 0 Å². The maximum atomic E-state index is 14.1. The lowest BCUT2D eigenvalue weighted by atomic mass is 9.92. The zero-order chi connectivity index (χ0) is 20.3. The summed E-state index contributed by atoms with van der Waals surface area (Å²) in [6, 6.07) is 2.43. The van der Waals surface area contributed by atoms with Gasteiger partial charge in [-0.2, -0.15) is 17.5 Å². The Bertz CT molecular complexity index is 839. The van der Waals surface area contributed by atoms with Crippen LogP contribution in [0.1, 0.15) is 36.2 Å². The maximum absolute atomic E-state index is 14.1. The Hall–Kier alpha value is -2.23. The van der Waals surface area contributed by atoms with Crippen LogP contribution in [0.5, 0.6) is 0 Å². The van der Waals surface area contributed by atoms with E-state index in [4.69, 9.17) is 0 Å². The largest absolute Gasteiger partial charge is 0.416 e. The molecule has 0 saturated carbocycles. The Kier molecular flexibility index (Phi) is 6.17. The average Bonchev–Trinajstić information content (AvgIpc) is 2.88. The molecule has 1 aromatic carbocycles. The number of aryl methyl sites for hydroxylation is 1. The quantitative estimate of drug-likeness (QED) is 0.726. The van der Waals surface area contributed by atoms with Gasteiger partial charge in [-0.1, -0.05) is 6.07 Å². The number of alkyl halides is 3. The molecule has 0 spiro atoms. The molecular weight excluding hydrogens is 396 g/mol. The number of hydrogen-bond donors (Lipinski definition) is 1. The number of rotatable bonds is 3. The average molecular weight is 416 g/mol. The molecule has 0 radical (unpaired) electrons. The number of carbonyl (C=O) groups is 1. The molecule has 1 aliphatic rings. The Labute approximate surface area is 163 Å². The predicted octanol–water partition coefficient (Wildman–Crippen LogP) is 4.88. The van der Waals surface area contributed by atoms with E-state index < -0.39 is 17.6 Å². The van der Waals surface area contributed by atoms with Crippen LogP contribution in [0.2, 0.25) is 0 Å². The molecule has 1 N–H and O–H groups in total. The summed E-state index contributed by atoms with van der Waals surface area (Å²) in [6.07, 6.45) is -2.02. The third-order valence-corrected chi connectivity index (χ3v) is 5.49. The summed E-state index contributed by atoms with van der Waals surface area (Å²) in [5.41, 5.74) is -0.704. The van der Waals surface area contributed by atoms with Crippen molar-refractivity contribution >= 4 is 22.7 Å². The number of hydrogen-bond acceptors (Lipinski definition) is 4. The lowest BCUT2D eigenvalue weighted by Gasteiger charge is -2.20. The highest BCUT2D eigenvalue weighted by Crippen LogP contribution is 2.31. The van der Waals surface area contributed by atoms with Crippen molar-refractivity contribution in [1.82, 2.24) is 14.3 Å². The third-order valence-electron chi connectivity index (χ3n) is 4.77. The van der Waals surface area contributed by atoms with Gasteiger partial charge in [-0.25, -0.2) is 14.2 Å². The summed E-state index contributed by atoms with van der Waals surface area (Å²) in [5.74, 6) is -0.136. The molecule has 1 aromatic heterocycles. The van der Waals surface area contributed by atoms with Crippen molar-refractivity contribution in [3.05, 3.63) is 41.0 Å². The first-order valence-electron chi connectivity index (χ1n) is 8.94. The van der Waals surface area contributed by atoms with Crippen molar-refractivity contribution in [3.63, 3.8) is 0 Å². The minimum absolute atomic E-state index is 0.104. The second-order valence-corrected chi connectivity index (χ2v) is 7.62. The van der Waals surface area contributed by atoms with Gasteiger partial charge in [-0.05, 0) is 56.2 Å². The van der Waals surface area contributed by atoms with Crippen LogP contribution >= 0.6 is 11.5 Å². The molecule has 10 heteroatoms. The van der Waals surface area contributed by atoms with E-state index in [0.29, 0.717) is 43.0 Å². The third kappa shape index (κ3) is 5.18. The van der Waals surface area contributed by atoms with E-state index in [9.17, 15) is 22.4 Å². The van der Waals surface area contributed by atoms with Crippen LogP contribution in [0.4, 0.5) is 27.5 Å². The van der Waals surface area contributed by atoms with Gasteiger partial charge in [-0.15, -0.1) is 0 Å². The van der Waals surface area contributed by atoms with Crippen molar-refractivity contribution in [2.24, 2.45) is 5.92 Å². The van der Waals surface area contributed by atoms with Crippen LogP contribution in [-0.4, -0.2) is 33.4 Å². The fourth-order valence-electron chi connectivity index (χ4n) is 3.29. The number of aromatic nitrogens is 2. The molecule has 2 aromatic rings. The van der Waals surface area contributed by atoms with Crippen molar-refractivity contribution in [3.8, 4) is 0 Å². The summed E-state index contributed by atoms with van der Waals surface area (Å²) in [5, 5.41) is 3.16. The Morgan fingerprint density at radius 3 is 2.75 bits per heavy atom. The molecule has 1 unspecified atom stereocenters. The van der Waals surface area contributed by atoms with Gasteiger partial charge >= 0.3 is 12.2 Å². The minimum Gasteiger partial charge on any atom is -0.324 e. The molecule has 1 fully saturated rings. The van der Waals surface area contributed by atoms with Crippen molar-refractivity contribution in [2.75, 3.05) is 18.4 Å². The minimum atomic E-state index is -4.55. The van der Waals surface area contributed by atoms with Gasteiger partial charge < -0.3 is 4.90 Å². The van der Waals surface area contributed by atoms with Gasteiger partial charge in [0.2, 0.25) is 5.13 Å². The second-order valence-electron chi connectivity index (χ2n) is 6.87. The highest BCUT2D eigenvalue weighted by atomic mass is 32.1. The molecule has 1 saturated heterocycles. The predicted molar refractivity (Wildman–Crippen MR) is 97.7 cm³/mol. The number of benzene rings is 1. The number of carbonyl (C=O) groups excluding carboxylic acids is 1. The maximum Gasteiger partial charge on any atom is 0.416 e. The standard InChI is InChI=1S/C18H20F4N4OS/c1-11-23-16(28-25-11)24-17(27)26-7-2-3-12(6-8-26)9-13-4-5-14(10-15(13)19)18(20,21)22/h4-5,10,12H,2-3,6-9H2,1H3,(H,23,24,25,27). The first-order chi connectivity index (χ1) is 13.2. The number of nitrogens with one attached hydrogen (secondary N) is 1. The summed E-state index contributed by atoms with van der Waals surface area (Å²) in [7, 11) is 0. The molecule has 5 nitrogen and oxygen atoms in total. The summed E-state index contributed by atoms with van der Waals surface area (Å²) >= 11 is 1.11.